The van der Waals surface area contributed by atoms with Crippen LogP contribution in [0.15, 0.2) is 59.6 Å². The van der Waals surface area contributed by atoms with Gasteiger partial charge in [0.1, 0.15) is 0 Å². The Hall–Kier alpha value is -1.23. The van der Waals surface area contributed by atoms with Crippen LogP contribution < -0.4 is 0 Å². The summed E-state index contributed by atoms with van der Waals surface area (Å²) in [6.07, 6.45) is 4.25. The Balaban J connectivity index is 1.60. The molecule has 3 rings (SSSR count). The molecular formula is C19H22N2S2. The number of hydrogen-bond donors (Lipinski definition) is 2. The van der Waals surface area contributed by atoms with Gasteiger partial charge in [0.25, 0.3) is 0 Å². The van der Waals surface area contributed by atoms with Crippen molar-refractivity contribution < 1.29 is 0 Å². The van der Waals surface area contributed by atoms with Crippen molar-refractivity contribution in [1.82, 2.24) is 4.90 Å². The summed E-state index contributed by atoms with van der Waals surface area (Å²) < 4.78 is 0.0608. The van der Waals surface area contributed by atoms with Gasteiger partial charge in [-0.2, -0.15) is 0 Å². The maximum atomic E-state index is 4.54. The zero-order valence-electron chi connectivity index (χ0n) is 13.0. The lowest BCUT2D eigenvalue weighted by Gasteiger charge is -2.33. The van der Waals surface area contributed by atoms with E-state index in [2.05, 4.69) is 71.5 Å². The Morgan fingerprint density at radius 1 is 0.957 bits per heavy atom. The Morgan fingerprint density at radius 3 is 2.22 bits per heavy atom. The zero-order chi connectivity index (χ0) is 16.1. The fourth-order valence-electron chi connectivity index (χ4n) is 2.98. The highest BCUT2D eigenvalue weighted by molar-refractivity contribution is 7.99. The molecule has 0 saturated carbocycles. The van der Waals surface area contributed by atoms with E-state index >= 15 is 0 Å². The first kappa shape index (κ1) is 16.6. The summed E-state index contributed by atoms with van der Waals surface area (Å²) in [5.41, 5.74) is 3.54. The fourth-order valence-corrected chi connectivity index (χ4v) is 3.45. The molecular weight excluding hydrogens is 320 g/mol. The molecule has 0 aliphatic carbocycles. The first-order valence-electron chi connectivity index (χ1n) is 8.01. The van der Waals surface area contributed by atoms with Gasteiger partial charge in [-0.05, 0) is 42.0 Å². The van der Waals surface area contributed by atoms with E-state index in [1.165, 1.54) is 18.4 Å². The Labute approximate surface area is 149 Å². The summed E-state index contributed by atoms with van der Waals surface area (Å²) in [5, 5.41) is 0. The van der Waals surface area contributed by atoms with Crippen molar-refractivity contribution in [3.8, 4) is 0 Å². The topological polar surface area (TPSA) is 15.6 Å². The molecule has 23 heavy (non-hydrogen) atoms. The van der Waals surface area contributed by atoms with Crippen molar-refractivity contribution in [3.05, 3.63) is 65.7 Å². The van der Waals surface area contributed by atoms with E-state index in [1.54, 1.807) is 0 Å². The van der Waals surface area contributed by atoms with E-state index in [4.69, 9.17) is 0 Å². The third-order valence-corrected chi connectivity index (χ3v) is 5.04. The van der Waals surface area contributed by atoms with E-state index in [0.717, 1.165) is 24.3 Å². The quantitative estimate of drug-likeness (QED) is 0.465. The second-order valence-corrected chi connectivity index (χ2v) is 7.30. The number of thiol groups is 2. The van der Waals surface area contributed by atoms with E-state index in [1.807, 2.05) is 24.4 Å². The molecule has 0 spiro atoms. The van der Waals surface area contributed by atoms with Gasteiger partial charge in [0, 0.05) is 19.3 Å². The predicted octanol–water partition coefficient (Wildman–Crippen LogP) is 4.76. The van der Waals surface area contributed by atoms with Crippen LogP contribution >= 0.6 is 25.3 Å². The minimum atomic E-state index is 0.0608. The monoisotopic (exact) mass is 342 g/mol. The smallest absolute Gasteiger partial charge is 0.0969 e. The lowest BCUT2D eigenvalue weighted by molar-refractivity contribution is 0.235. The highest BCUT2D eigenvalue weighted by Crippen LogP contribution is 2.30. The maximum Gasteiger partial charge on any atom is 0.0969 e. The van der Waals surface area contributed by atoms with Crippen LogP contribution in [0.2, 0.25) is 0 Å². The third kappa shape index (κ3) is 4.63. The fraction of sp³-hybridized carbons (Fsp3) is 0.316. The second-order valence-electron chi connectivity index (χ2n) is 5.92. The summed E-state index contributed by atoms with van der Waals surface area (Å²) in [7, 11) is 0. The number of rotatable bonds is 4. The molecule has 4 heteroatoms. The minimum absolute atomic E-state index is 0.0608. The maximum absolute atomic E-state index is 4.54. The van der Waals surface area contributed by atoms with Crippen LogP contribution in [0.4, 0.5) is 5.69 Å². The molecule has 2 aromatic rings. The van der Waals surface area contributed by atoms with Crippen LogP contribution in [0.3, 0.4) is 0 Å². The number of aliphatic imine (C=N–C) groups is 1. The van der Waals surface area contributed by atoms with Gasteiger partial charge in [-0.3, -0.25) is 9.89 Å². The average molecular weight is 343 g/mol. The van der Waals surface area contributed by atoms with Crippen LogP contribution in [0.5, 0.6) is 0 Å². The number of benzene rings is 2. The van der Waals surface area contributed by atoms with Gasteiger partial charge in [-0.1, -0.05) is 42.5 Å². The number of piperidine rings is 1. The Kier molecular flexibility index (Phi) is 5.81. The summed E-state index contributed by atoms with van der Waals surface area (Å²) in [5.74, 6) is 0.638. The Morgan fingerprint density at radius 2 is 1.61 bits per heavy atom. The molecule has 1 aliphatic rings. The summed E-state index contributed by atoms with van der Waals surface area (Å²) in [6.45, 7) is 2.13. The van der Waals surface area contributed by atoms with Crippen LogP contribution in [0.25, 0.3) is 0 Å². The summed E-state index contributed by atoms with van der Waals surface area (Å²) in [4.78, 5) is 6.85. The van der Waals surface area contributed by atoms with Gasteiger partial charge < -0.3 is 0 Å². The van der Waals surface area contributed by atoms with Crippen molar-refractivity contribution in [3.63, 3.8) is 0 Å². The molecule has 0 amide bonds. The molecule has 1 aliphatic heterocycles. The minimum Gasteiger partial charge on any atom is -0.283 e. The molecule has 1 heterocycles. The van der Waals surface area contributed by atoms with Gasteiger partial charge >= 0.3 is 0 Å². The largest absolute Gasteiger partial charge is 0.283 e. The molecule has 0 radical (unpaired) electrons. The molecule has 0 atom stereocenters. The number of likely N-dealkylation sites (tertiary alicyclic amines) is 1. The van der Waals surface area contributed by atoms with Gasteiger partial charge in [0.2, 0.25) is 0 Å². The molecule has 0 N–H and O–H groups in total. The lowest BCUT2D eigenvalue weighted by atomic mass is 9.89. The molecule has 2 nitrogen and oxygen atoms in total. The Bertz CT molecular complexity index is 630. The highest BCUT2D eigenvalue weighted by atomic mass is 32.2. The van der Waals surface area contributed by atoms with E-state index in [-0.39, 0.29) is 4.71 Å². The van der Waals surface area contributed by atoms with Crippen molar-refractivity contribution in [2.45, 2.75) is 23.5 Å². The molecule has 1 fully saturated rings. The first-order chi connectivity index (χ1) is 11.2. The van der Waals surface area contributed by atoms with Gasteiger partial charge in [0.15, 0.2) is 0 Å². The zero-order valence-corrected chi connectivity index (χ0v) is 14.8. The SMILES string of the molecule is SC(S)N1CCC(c2ccc(N=Cc3ccccc3)cc2)CC1. The van der Waals surface area contributed by atoms with E-state index < -0.39 is 0 Å². The summed E-state index contributed by atoms with van der Waals surface area (Å²) >= 11 is 8.80. The molecule has 120 valence electrons. The van der Waals surface area contributed by atoms with Crippen molar-refractivity contribution in [2.75, 3.05) is 13.1 Å². The van der Waals surface area contributed by atoms with Gasteiger partial charge in [0.05, 0.1) is 10.4 Å². The molecule has 0 bridgehead atoms. The standard InChI is InChI=1S/C19H22N2S2/c22-19(23)21-12-10-17(11-13-21)16-6-8-18(9-7-16)20-14-15-4-2-1-3-5-15/h1-9,14,17,19,22-23H,10-13H2. The van der Waals surface area contributed by atoms with E-state index in [9.17, 15) is 0 Å². The van der Waals surface area contributed by atoms with Gasteiger partial charge in [-0.15, -0.1) is 25.3 Å². The summed E-state index contributed by atoms with van der Waals surface area (Å²) in [6, 6.07) is 18.8. The van der Waals surface area contributed by atoms with Crippen molar-refractivity contribution in [2.24, 2.45) is 4.99 Å². The third-order valence-electron chi connectivity index (χ3n) is 4.38. The molecule has 2 aromatic carbocycles. The van der Waals surface area contributed by atoms with Crippen LogP contribution in [0, 0.1) is 0 Å². The molecule has 1 saturated heterocycles. The van der Waals surface area contributed by atoms with E-state index in [0.29, 0.717) is 5.92 Å². The molecule has 0 unspecified atom stereocenters. The number of nitrogens with zero attached hydrogens (tertiary/aromatic N) is 2. The normalized spacial score (nSPS) is 17.2. The highest BCUT2D eigenvalue weighted by Gasteiger charge is 2.22. The van der Waals surface area contributed by atoms with Crippen LogP contribution in [0.1, 0.15) is 29.9 Å². The molecule has 0 aromatic heterocycles. The second kappa shape index (κ2) is 8.04. The van der Waals surface area contributed by atoms with Crippen molar-refractivity contribution in [1.29, 1.82) is 0 Å². The average Bonchev–Trinajstić information content (AvgIpc) is 2.61. The van der Waals surface area contributed by atoms with Gasteiger partial charge in [-0.25, -0.2) is 0 Å². The first-order valence-corrected chi connectivity index (χ1v) is 9.05. The predicted molar refractivity (Wildman–Crippen MR) is 105 cm³/mol. The van der Waals surface area contributed by atoms with Crippen LogP contribution in [-0.2, 0) is 0 Å². The van der Waals surface area contributed by atoms with Crippen molar-refractivity contribution >= 4 is 37.2 Å². The van der Waals surface area contributed by atoms with Crippen LogP contribution in [-0.4, -0.2) is 28.9 Å². The number of hydrogen-bond acceptors (Lipinski definition) is 4. The lowest BCUT2D eigenvalue weighted by Crippen LogP contribution is -2.35.